The fourth-order valence-electron chi connectivity index (χ4n) is 3.67. The summed E-state index contributed by atoms with van der Waals surface area (Å²) < 4.78 is 0. The number of benzene rings is 1. The fourth-order valence-corrected chi connectivity index (χ4v) is 3.94. The van der Waals surface area contributed by atoms with E-state index in [4.69, 9.17) is 28.6 Å². The van der Waals surface area contributed by atoms with Gasteiger partial charge in [0.1, 0.15) is 11.0 Å². The number of fused-ring (bicyclic) bond motifs is 1. The molecular weight excluding hydrogens is 535 g/mol. The number of allylic oxidation sites excluding steroid dienone is 1. The van der Waals surface area contributed by atoms with Crippen molar-refractivity contribution in [2.24, 2.45) is 5.41 Å². The largest absolute Gasteiger partial charge is 0.389 e. The maximum Gasteiger partial charge on any atom is 0.229 e. The number of nitrogens with one attached hydrogen (secondary N) is 5. The van der Waals surface area contributed by atoms with Crippen molar-refractivity contribution in [3.63, 3.8) is 0 Å². The fraction of sp³-hybridized carbons (Fsp3) is 0.429. The normalized spacial score (nSPS) is 12.8. The molecule has 0 fully saturated rings. The first-order valence-electron chi connectivity index (χ1n) is 12.7. The quantitative estimate of drug-likeness (QED) is 0.142. The van der Waals surface area contributed by atoms with Crippen LogP contribution in [0.1, 0.15) is 47.2 Å². The van der Waals surface area contributed by atoms with Crippen molar-refractivity contribution in [2.45, 2.75) is 59.6 Å². The number of nitrogens with zero attached hydrogens (tertiary/aromatic N) is 3. The first kappa shape index (κ1) is 30.4. The summed E-state index contributed by atoms with van der Waals surface area (Å²) >= 11 is 12.1. The summed E-state index contributed by atoms with van der Waals surface area (Å²) in [7, 11) is 0. The standard InChI is InChI=1S/C28H38Cl2N8O/c1-17-12-23(37-25(35-17)36-22(24(30)31)14-32-16-27(4,5)39)38-28(6,7)26(2,3)15-34-20-10-11-33-21-13-18(29)8-9-19(20)21/h8-14,31-32,39H,15-16H2,1-7H3,(H,33,34)(H2,35,36,37,38)/b22-14+,31-24?. The van der Waals surface area contributed by atoms with E-state index in [9.17, 15) is 5.11 Å². The monoisotopic (exact) mass is 572 g/mol. The van der Waals surface area contributed by atoms with E-state index in [-0.39, 0.29) is 22.8 Å². The van der Waals surface area contributed by atoms with Crippen LogP contribution in [0.25, 0.3) is 10.9 Å². The van der Waals surface area contributed by atoms with Crippen molar-refractivity contribution in [3.8, 4) is 0 Å². The molecule has 39 heavy (non-hydrogen) atoms. The van der Waals surface area contributed by atoms with E-state index in [0.29, 0.717) is 23.3 Å². The topological polar surface area (TPSA) is 131 Å². The van der Waals surface area contributed by atoms with Crippen LogP contribution in [-0.2, 0) is 0 Å². The molecule has 0 saturated heterocycles. The van der Waals surface area contributed by atoms with Gasteiger partial charge in [0.05, 0.1) is 16.8 Å². The molecule has 1 aromatic carbocycles. The smallest absolute Gasteiger partial charge is 0.229 e. The lowest BCUT2D eigenvalue weighted by Gasteiger charge is -2.43. The summed E-state index contributed by atoms with van der Waals surface area (Å²) in [5.41, 5.74) is 1.32. The molecule has 2 heterocycles. The molecule has 3 aromatic rings. The minimum atomic E-state index is -0.918. The van der Waals surface area contributed by atoms with Gasteiger partial charge in [0, 0.05) is 64.3 Å². The Balaban J connectivity index is 1.75. The molecule has 0 radical (unpaired) electrons. The molecule has 0 saturated carbocycles. The number of halogens is 2. The van der Waals surface area contributed by atoms with Gasteiger partial charge < -0.3 is 26.4 Å². The van der Waals surface area contributed by atoms with Gasteiger partial charge in [-0.2, -0.15) is 4.98 Å². The predicted octanol–water partition coefficient (Wildman–Crippen LogP) is 6.15. The van der Waals surface area contributed by atoms with E-state index < -0.39 is 11.1 Å². The summed E-state index contributed by atoms with van der Waals surface area (Å²) in [4.78, 5) is 13.5. The summed E-state index contributed by atoms with van der Waals surface area (Å²) in [6, 6.07) is 9.54. The number of aromatic nitrogens is 3. The van der Waals surface area contributed by atoms with E-state index in [2.05, 4.69) is 63.9 Å². The Kier molecular flexibility index (Phi) is 9.31. The molecule has 0 atom stereocenters. The van der Waals surface area contributed by atoms with Crippen LogP contribution in [0, 0.1) is 17.7 Å². The molecule has 3 rings (SSSR count). The van der Waals surface area contributed by atoms with E-state index in [1.54, 1.807) is 20.0 Å². The summed E-state index contributed by atoms with van der Waals surface area (Å²) in [5.74, 6) is 0.935. The lowest BCUT2D eigenvalue weighted by Crippen LogP contribution is -2.49. The van der Waals surface area contributed by atoms with Crippen LogP contribution in [0.15, 0.2) is 48.4 Å². The molecule has 0 aliphatic heterocycles. The number of aliphatic hydroxyl groups is 1. The maximum absolute atomic E-state index is 9.92. The molecule has 0 aliphatic carbocycles. The van der Waals surface area contributed by atoms with E-state index in [1.807, 2.05) is 37.3 Å². The van der Waals surface area contributed by atoms with Crippen molar-refractivity contribution < 1.29 is 5.11 Å². The Bertz CT molecular complexity index is 1370. The van der Waals surface area contributed by atoms with Crippen molar-refractivity contribution in [1.82, 2.24) is 20.3 Å². The zero-order valence-electron chi connectivity index (χ0n) is 23.5. The highest BCUT2D eigenvalue weighted by Gasteiger charge is 2.37. The zero-order chi connectivity index (χ0) is 29.0. The Morgan fingerprint density at radius 3 is 2.44 bits per heavy atom. The van der Waals surface area contributed by atoms with Crippen LogP contribution in [-0.4, -0.2) is 49.5 Å². The average molecular weight is 574 g/mol. The van der Waals surface area contributed by atoms with Gasteiger partial charge >= 0.3 is 0 Å². The molecule has 0 spiro atoms. The number of rotatable bonds is 12. The van der Waals surface area contributed by atoms with Crippen LogP contribution in [0.5, 0.6) is 0 Å². The van der Waals surface area contributed by atoms with E-state index in [0.717, 1.165) is 22.3 Å². The van der Waals surface area contributed by atoms with Gasteiger partial charge in [-0.25, -0.2) is 4.98 Å². The van der Waals surface area contributed by atoms with Crippen LogP contribution >= 0.6 is 23.2 Å². The lowest BCUT2D eigenvalue weighted by molar-refractivity contribution is 0.0835. The van der Waals surface area contributed by atoms with Crippen molar-refractivity contribution in [2.75, 3.05) is 29.0 Å². The molecule has 2 aromatic heterocycles. The molecule has 0 bridgehead atoms. The van der Waals surface area contributed by atoms with Crippen LogP contribution in [0.3, 0.4) is 0 Å². The third kappa shape index (κ3) is 8.42. The molecule has 11 heteroatoms. The van der Waals surface area contributed by atoms with Gasteiger partial charge in [-0.05, 0) is 58.9 Å². The van der Waals surface area contributed by atoms with Gasteiger partial charge in [-0.1, -0.05) is 37.0 Å². The second-order valence-corrected chi connectivity index (χ2v) is 12.2. The Hall–Kier alpha value is -3.14. The first-order valence-corrected chi connectivity index (χ1v) is 13.4. The van der Waals surface area contributed by atoms with Crippen LogP contribution in [0.4, 0.5) is 17.5 Å². The Morgan fingerprint density at radius 1 is 1.05 bits per heavy atom. The van der Waals surface area contributed by atoms with E-state index >= 15 is 0 Å². The Morgan fingerprint density at radius 2 is 1.77 bits per heavy atom. The number of hydrogen-bond donors (Lipinski definition) is 6. The highest BCUT2D eigenvalue weighted by atomic mass is 35.5. The van der Waals surface area contributed by atoms with Gasteiger partial charge in [0.25, 0.3) is 0 Å². The molecule has 6 N–H and O–H groups in total. The minimum Gasteiger partial charge on any atom is -0.389 e. The number of pyridine rings is 1. The van der Waals surface area contributed by atoms with Crippen molar-refractivity contribution >= 4 is 56.7 Å². The number of hydrogen-bond acceptors (Lipinski definition) is 9. The molecule has 0 amide bonds. The summed E-state index contributed by atoms with van der Waals surface area (Å²) in [5, 5.41) is 32.4. The lowest BCUT2D eigenvalue weighted by atomic mass is 9.74. The maximum atomic E-state index is 9.92. The highest BCUT2D eigenvalue weighted by Crippen LogP contribution is 2.35. The predicted molar refractivity (Wildman–Crippen MR) is 163 cm³/mol. The molecule has 9 nitrogen and oxygen atoms in total. The third-order valence-corrected chi connectivity index (χ3v) is 7.11. The van der Waals surface area contributed by atoms with Gasteiger partial charge in [0.15, 0.2) is 0 Å². The van der Waals surface area contributed by atoms with Gasteiger partial charge in [-0.3, -0.25) is 10.4 Å². The van der Waals surface area contributed by atoms with Gasteiger partial charge in [0.2, 0.25) is 5.95 Å². The highest BCUT2D eigenvalue weighted by molar-refractivity contribution is 6.68. The molecule has 210 valence electrons. The SMILES string of the molecule is Cc1cc(NC(C)(C)C(C)(C)CNc2ccnc3cc(Cl)ccc23)nc(N/C(=C/NCC(C)(C)O)C(=N)Cl)n1. The van der Waals surface area contributed by atoms with Crippen molar-refractivity contribution in [3.05, 3.63) is 59.1 Å². The van der Waals surface area contributed by atoms with Crippen LogP contribution < -0.4 is 21.3 Å². The second-order valence-electron chi connectivity index (χ2n) is 11.4. The third-order valence-electron chi connectivity index (χ3n) is 6.68. The molecule has 0 unspecified atom stereocenters. The number of anilines is 3. The Labute approximate surface area is 240 Å². The first-order chi connectivity index (χ1) is 18.1. The molecular formula is C28H38Cl2N8O. The summed E-state index contributed by atoms with van der Waals surface area (Å²) in [6.45, 7) is 14.8. The van der Waals surface area contributed by atoms with Crippen LogP contribution in [0.2, 0.25) is 5.02 Å². The van der Waals surface area contributed by atoms with E-state index in [1.165, 1.54) is 6.20 Å². The summed E-state index contributed by atoms with van der Waals surface area (Å²) in [6.07, 6.45) is 3.31. The average Bonchev–Trinajstić information content (AvgIpc) is 2.80. The zero-order valence-corrected chi connectivity index (χ0v) is 25.0. The second kappa shape index (κ2) is 11.9. The molecule has 0 aliphatic rings. The van der Waals surface area contributed by atoms with Gasteiger partial charge in [-0.15, -0.1) is 0 Å². The number of aryl methyl sites for hydroxylation is 1. The van der Waals surface area contributed by atoms with Crippen molar-refractivity contribution in [1.29, 1.82) is 5.41 Å². The minimum absolute atomic E-state index is 0.212.